The van der Waals surface area contributed by atoms with Crippen molar-refractivity contribution in [1.82, 2.24) is 21.5 Å². The zero-order valence-corrected chi connectivity index (χ0v) is 42.7. The number of allylic oxidation sites excluding steroid dienone is 10. The largest absolute Gasteiger partial charge is 0.462 e. The van der Waals surface area contributed by atoms with Crippen molar-refractivity contribution >= 4 is 29.3 Å². The highest BCUT2D eigenvalue weighted by molar-refractivity contribution is 7.80. The summed E-state index contributed by atoms with van der Waals surface area (Å²) >= 11 is 4.98. The van der Waals surface area contributed by atoms with Crippen LogP contribution in [-0.2, 0) is 23.7 Å². The number of ether oxygens (including phenoxy) is 4. The first-order valence-corrected chi connectivity index (χ1v) is 24.6. The quantitative estimate of drug-likeness (QED) is 0.0171. The molecule has 2 rings (SSSR count). The Morgan fingerprint density at radius 1 is 0.831 bits per heavy atom. The van der Waals surface area contributed by atoms with Crippen molar-refractivity contribution in [1.29, 1.82) is 0 Å². The third-order valence-electron chi connectivity index (χ3n) is 12.4. The Balaban J connectivity index is 1.96. The van der Waals surface area contributed by atoms with Crippen molar-refractivity contribution in [2.45, 2.75) is 196 Å². The zero-order chi connectivity index (χ0) is 53.4. The fourth-order valence-electron chi connectivity index (χ4n) is 8.08. The van der Waals surface area contributed by atoms with Gasteiger partial charge in [-0.3, -0.25) is 10.2 Å². The standard InChI is InChI=1S/C49H83N5O16S/c1-8-10-11-12-13-14-15-16-17-19-28(3)43(62)29(4)30(5)67-40(61)24-33(56)22-32(55)20-21-36(58)37(59)23-34(57)26-49(66)27-38(60)42(52-47(65)53-54-48(71)51-7)39(70-49)25-35(18-9-2)69-46-45(64)41(50)44(63)31(6)68-46/h8-19,28-39,41-46,55-60,62-64,66H,20-27,50H2,1-7H3,(H2,51,54,71)(H2,52,53,65)/b10-8+,12-11+,14-13+,16-15+,18-9+,19-17+/t28-,29-,30-,31+,32+,33+,34-,35-,36+,37+,38-,39-,41-,42+,43+,44+,45-,46-,49+/m0/s1. The van der Waals surface area contributed by atoms with Crippen LogP contribution in [0.1, 0.15) is 92.9 Å². The van der Waals surface area contributed by atoms with Crippen LogP contribution in [0.15, 0.2) is 72.9 Å². The molecule has 2 amide bonds. The van der Waals surface area contributed by atoms with Gasteiger partial charge in [-0.2, -0.15) is 0 Å². The van der Waals surface area contributed by atoms with Gasteiger partial charge in [-0.25, -0.2) is 10.2 Å². The summed E-state index contributed by atoms with van der Waals surface area (Å²) in [6.07, 6.45) is 2.24. The van der Waals surface area contributed by atoms with Crippen LogP contribution in [0.3, 0.4) is 0 Å². The first-order valence-electron chi connectivity index (χ1n) is 24.2. The molecule has 22 heteroatoms. The normalized spacial score (nSPS) is 29.7. The average Bonchev–Trinajstić information content (AvgIpc) is 3.30. The summed E-state index contributed by atoms with van der Waals surface area (Å²) in [4.78, 5) is 25.6. The van der Waals surface area contributed by atoms with Gasteiger partial charge in [0.15, 0.2) is 17.2 Å². The monoisotopic (exact) mass is 1030 g/mol. The lowest BCUT2D eigenvalue weighted by molar-refractivity contribution is -0.303. The third kappa shape index (κ3) is 23.0. The molecule has 2 aliphatic rings. The zero-order valence-electron chi connectivity index (χ0n) is 41.9. The molecular formula is C49H83N5O16S. The lowest BCUT2D eigenvalue weighted by atomic mass is 9.87. The summed E-state index contributed by atoms with van der Waals surface area (Å²) in [5.74, 6) is -3.69. The number of esters is 1. The Kier molecular flexibility index (Phi) is 29.0. The number of amides is 2. The first kappa shape index (κ1) is 63.4. The van der Waals surface area contributed by atoms with Gasteiger partial charge in [0.1, 0.15) is 12.2 Å². The predicted molar refractivity (Wildman–Crippen MR) is 268 cm³/mol. The van der Waals surface area contributed by atoms with Crippen LogP contribution in [0.25, 0.3) is 0 Å². The van der Waals surface area contributed by atoms with Crippen molar-refractivity contribution in [3.63, 3.8) is 0 Å². The van der Waals surface area contributed by atoms with Gasteiger partial charge in [-0.1, -0.05) is 86.8 Å². The van der Waals surface area contributed by atoms with Crippen LogP contribution in [-0.4, -0.2) is 179 Å². The van der Waals surface area contributed by atoms with Crippen molar-refractivity contribution in [3.05, 3.63) is 72.9 Å². The van der Waals surface area contributed by atoms with Gasteiger partial charge in [-0.05, 0) is 59.2 Å². The van der Waals surface area contributed by atoms with E-state index in [1.54, 1.807) is 39.8 Å². The minimum atomic E-state index is -2.25. The minimum Gasteiger partial charge on any atom is -0.462 e. The molecule has 2 saturated heterocycles. The maximum Gasteiger partial charge on any atom is 0.333 e. The van der Waals surface area contributed by atoms with E-state index in [0.29, 0.717) is 0 Å². The molecule has 2 heterocycles. The van der Waals surface area contributed by atoms with Crippen molar-refractivity contribution in [3.8, 4) is 0 Å². The maximum atomic E-state index is 12.9. The Labute approximate surface area is 423 Å². The van der Waals surface area contributed by atoms with Crippen molar-refractivity contribution in [2.75, 3.05) is 7.05 Å². The number of aliphatic hydroxyl groups excluding tert-OH is 9. The van der Waals surface area contributed by atoms with E-state index in [4.69, 9.17) is 36.9 Å². The molecule has 19 atom stereocenters. The minimum absolute atomic E-state index is 0.0778. The van der Waals surface area contributed by atoms with Crippen LogP contribution >= 0.6 is 12.2 Å². The van der Waals surface area contributed by atoms with Crippen LogP contribution in [0.5, 0.6) is 0 Å². The predicted octanol–water partition coefficient (Wildman–Crippen LogP) is 0.158. The highest BCUT2D eigenvalue weighted by Crippen LogP contribution is 2.35. The number of rotatable bonds is 27. The molecule has 0 saturated carbocycles. The first-order chi connectivity index (χ1) is 33.4. The van der Waals surface area contributed by atoms with Gasteiger partial charge >= 0.3 is 12.0 Å². The number of aliphatic hydroxyl groups is 10. The fraction of sp³-hybridized carbons (Fsp3) is 0.694. The maximum absolute atomic E-state index is 12.9. The molecule has 0 bridgehead atoms. The number of hydrazine groups is 1. The van der Waals surface area contributed by atoms with Gasteiger partial charge in [0, 0.05) is 44.6 Å². The van der Waals surface area contributed by atoms with E-state index < -0.39 is 147 Å². The molecule has 406 valence electrons. The second-order valence-corrected chi connectivity index (χ2v) is 18.8. The number of thiocarbonyl (C=S) groups is 1. The number of hydrogen-bond donors (Lipinski definition) is 15. The van der Waals surface area contributed by atoms with Crippen LogP contribution in [0.4, 0.5) is 4.79 Å². The smallest absolute Gasteiger partial charge is 0.333 e. The van der Waals surface area contributed by atoms with Crippen LogP contribution < -0.4 is 27.2 Å². The highest BCUT2D eigenvalue weighted by atomic mass is 32.1. The van der Waals surface area contributed by atoms with Crippen molar-refractivity contribution in [2.24, 2.45) is 17.6 Å². The molecule has 2 aliphatic heterocycles. The fourth-order valence-corrected chi connectivity index (χ4v) is 8.13. The van der Waals surface area contributed by atoms with Gasteiger partial charge in [0.05, 0.1) is 85.6 Å². The molecule has 0 aromatic rings. The average molecular weight is 1030 g/mol. The Hall–Kier alpha value is -3.69. The van der Waals surface area contributed by atoms with Crippen LogP contribution in [0.2, 0.25) is 0 Å². The third-order valence-corrected chi connectivity index (χ3v) is 12.7. The Morgan fingerprint density at radius 2 is 1.46 bits per heavy atom. The number of hydrogen-bond acceptors (Lipinski definition) is 18. The number of nitrogens with one attached hydrogen (secondary N) is 4. The second-order valence-electron chi connectivity index (χ2n) is 18.4. The summed E-state index contributed by atoms with van der Waals surface area (Å²) in [5.41, 5.74) is 10.8. The summed E-state index contributed by atoms with van der Waals surface area (Å²) in [5, 5.41) is 114. The summed E-state index contributed by atoms with van der Waals surface area (Å²) in [6, 6.07) is -3.15. The number of nitrogens with two attached hydrogens (primary N) is 1. The highest BCUT2D eigenvalue weighted by Gasteiger charge is 2.49. The van der Waals surface area contributed by atoms with E-state index in [9.17, 15) is 60.7 Å². The van der Waals surface area contributed by atoms with Crippen molar-refractivity contribution < 1.29 is 79.6 Å². The van der Waals surface area contributed by atoms with Gasteiger partial charge < -0.3 is 86.4 Å². The van der Waals surface area contributed by atoms with E-state index in [0.717, 1.165) is 0 Å². The summed E-state index contributed by atoms with van der Waals surface area (Å²) in [7, 11) is 1.52. The van der Waals surface area contributed by atoms with E-state index in [1.807, 2.05) is 74.6 Å². The van der Waals surface area contributed by atoms with Gasteiger partial charge in [0.25, 0.3) is 0 Å². The van der Waals surface area contributed by atoms with E-state index in [1.165, 1.54) is 7.05 Å². The Bertz CT molecular complexity index is 1770. The lowest BCUT2D eigenvalue weighted by Gasteiger charge is -2.46. The van der Waals surface area contributed by atoms with E-state index in [-0.39, 0.29) is 36.7 Å². The van der Waals surface area contributed by atoms with E-state index >= 15 is 0 Å². The molecule has 71 heavy (non-hydrogen) atoms. The summed E-state index contributed by atoms with van der Waals surface area (Å²) < 4.78 is 23.3. The second kappa shape index (κ2) is 32.5. The molecule has 2 fully saturated rings. The lowest BCUT2D eigenvalue weighted by Crippen LogP contribution is -2.64. The molecular weight excluding hydrogens is 947 g/mol. The molecule has 16 N–H and O–H groups in total. The molecule has 0 unspecified atom stereocenters. The molecule has 0 aromatic carbocycles. The number of carbonyl (C=O) groups excluding carboxylic acids is 2. The van der Waals surface area contributed by atoms with Gasteiger partial charge in [-0.15, -0.1) is 0 Å². The van der Waals surface area contributed by atoms with Crippen LogP contribution in [0, 0.1) is 11.8 Å². The van der Waals surface area contributed by atoms with Gasteiger partial charge in [0.2, 0.25) is 0 Å². The molecule has 0 aromatic heterocycles. The SMILES string of the molecule is C/C=C/C=C/C=C/C=C/C=C/[C@H](C)[C@@H](O)[C@@H](C)[C@H](C)OC(=O)C[C@H](O)C[C@H](O)CC[C@@H](O)[C@H](O)C[C@H](O)C[C@]1(O)C[C@H](O)[C@@H](NC(=O)NNC(=S)NC)[C@H](C[C@H](/C=C/C)O[C@@H]2O[C@H](C)[C@@H](O)[C@H](N)[C@@H]2O)O1. The van der Waals surface area contributed by atoms with E-state index in [2.05, 4.69) is 21.5 Å². The molecule has 0 radical (unpaired) electrons. The number of urea groups is 1. The summed E-state index contributed by atoms with van der Waals surface area (Å²) in [6.45, 7) is 10.4. The Morgan fingerprint density at radius 3 is 2.08 bits per heavy atom. The molecule has 21 nitrogen and oxygen atoms in total. The topological polar surface area (TPSA) is 348 Å². The number of carbonyl (C=O) groups is 2. The molecule has 0 aliphatic carbocycles. The molecule has 0 spiro atoms.